The lowest BCUT2D eigenvalue weighted by Gasteiger charge is -2.50. The molecule has 3 aliphatic rings. The predicted molar refractivity (Wildman–Crippen MR) is 157 cm³/mol. The third-order valence-electron chi connectivity index (χ3n) is 8.62. The van der Waals surface area contributed by atoms with Crippen LogP contribution in [0.3, 0.4) is 0 Å². The molecule has 2 bridgehead atoms. The second kappa shape index (κ2) is 12.0. The molecule has 6 rings (SSSR count). The highest BCUT2D eigenvalue weighted by Gasteiger charge is 2.50. The van der Waals surface area contributed by atoms with Crippen LogP contribution in [0.2, 0.25) is 0 Å². The first-order valence-electron chi connectivity index (χ1n) is 14.5. The molecule has 3 aromatic rings. The fourth-order valence-corrected chi connectivity index (χ4v) is 6.34. The van der Waals surface area contributed by atoms with Gasteiger partial charge in [0, 0.05) is 25.3 Å². The molecule has 7 nitrogen and oxygen atoms in total. The summed E-state index contributed by atoms with van der Waals surface area (Å²) < 4.78 is 11.2. The first-order valence-corrected chi connectivity index (χ1v) is 14.5. The Balaban J connectivity index is 1.21. The first kappa shape index (κ1) is 28.1. The minimum Gasteiger partial charge on any atom is -0.465 e. The second-order valence-electron chi connectivity index (χ2n) is 11.8. The molecule has 0 radical (unpaired) electrons. The lowest BCUT2D eigenvalue weighted by atomic mass is 9.60. The number of hydrogen-bond acceptors (Lipinski definition) is 6. The lowest BCUT2D eigenvalue weighted by molar-refractivity contribution is -0.176. The zero-order chi connectivity index (χ0) is 28.3. The molecular weight excluding hydrogens is 502 g/mol. The molecule has 3 unspecified atom stereocenters. The van der Waals surface area contributed by atoms with Gasteiger partial charge in [-0.05, 0) is 74.5 Å². The topological polar surface area (TPSA) is 84.5 Å². The van der Waals surface area contributed by atoms with Gasteiger partial charge in [-0.15, -0.1) is 0 Å². The number of methoxy groups -OCH3 is 1. The Labute approximate surface area is 237 Å². The number of carbonyl (C=O) groups excluding carboxylic acids is 2. The Kier molecular flexibility index (Phi) is 8.40. The van der Waals surface area contributed by atoms with Crippen molar-refractivity contribution in [3.8, 4) is 0 Å². The molecule has 1 fully saturated rings. The molecule has 3 aliphatic carbocycles. The molecule has 40 heavy (non-hydrogen) atoms. The van der Waals surface area contributed by atoms with E-state index in [-0.39, 0.29) is 23.8 Å². The third kappa shape index (κ3) is 5.99. The molecule has 1 N–H and O–H groups in total. The normalized spacial score (nSPS) is 22.1. The number of esters is 2. The van der Waals surface area contributed by atoms with Gasteiger partial charge in [0.25, 0.3) is 0 Å². The van der Waals surface area contributed by atoms with E-state index in [1.165, 1.54) is 18.2 Å². The second-order valence-corrected chi connectivity index (χ2v) is 11.8. The van der Waals surface area contributed by atoms with E-state index in [2.05, 4.69) is 58.3 Å². The number of aromatic amines is 1. The molecule has 3 atom stereocenters. The first-order chi connectivity index (χ1) is 19.3. The van der Waals surface area contributed by atoms with E-state index >= 15 is 0 Å². The van der Waals surface area contributed by atoms with Crippen LogP contribution in [0.25, 0.3) is 16.6 Å². The van der Waals surface area contributed by atoms with Gasteiger partial charge < -0.3 is 19.4 Å². The van der Waals surface area contributed by atoms with E-state index in [4.69, 9.17) is 9.47 Å². The maximum atomic E-state index is 12.9. The number of carbonyl (C=O) groups is 2. The highest BCUT2D eigenvalue weighted by molar-refractivity contribution is 5.93. The summed E-state index contributed by atoms with van der Waals surface area (Å²) in [5, 5.41) is 0. The number of H-pyrrole nitrogens is 1. The van der Waals surface area contributed by atoms with Crippen LogP contribution in [0.1, 0.15) is 67.7 Å². The Morgan fingerprint density at radius 3 is 2.62 bits per heavy atom. The van der Waals surface area contributed by atoms with Crippen LogP contribution in [-0.4, -0.2) is 59.7 Å². The number of benzene rings is 2. The highest BCUT2D eigenvalue weighted by atomic mass is 16.6. The number of fused-ring (bicyclic) bond motifs is 3. The Morgan fingerprint density at radius 2 is 1.93 bits per heavy atom. The van der Waals surface area contributed by atoms with Gasteiger partial charge in [-0.2, -0.15) is 0 Å². The van der Waals surface area contributed by atoms with Crippen molar-refractivity contribution in [2.45, 2.75) is 58.0 Å². The summed E-state index contributed by atoms with van der Waals surface area (Å²) in [5.41, 5.74) is 4.48. The van der Waals surface area contributed by atoms with Crippen molar-refractivity contribution in [3.63, 3.8) is 0 Å². The van der Waals surface area contributed by atoms with E-state index in [9.17, 15) is 9.59 Å². The molecule has 0 saturated heterocycles. The van der Waals surface area contributed by atoms with Crippen molar-refractivity contribution < 1.29 is 19.1 Å². The molecule has 0 amide bonds. The largest absolute Gasteiger partial charge is 0.465 e. The molecule has 1 heterocycles. The van der Waals surface area contributed by atoms with Crippen LogP contribution in [0.5, 0.6) is 0 Å². The fraction of sp³-hybridized carbons (Fsp3) is 0.485. The van der Waals surface area contributed by atoms with Gasteiger partial charge in [0.05, 0.1) is 29.6 Å². The van der Waals surface area contributed by atoms with Crippen LogP contribution in [0.4, 0.5) is 0 Å². The van der Waals surface area contributed by atoms with Gasteiger partial charge in [0.1, 0.15) is 11.4 Å². The minimum atomic E-state index is -0.438. The van der Waals surface area contributed by atoms with Crippen LogP contribution in [0.15, 0.2) is 54.6 Å². The maximum absolute atomic E-state index is 12.9. The number of imidazole rings is 1. The van der Waals surface area contributed by atoms with Gasteiger partial charge in [-0.1, -0.05) is 50.3 Å². The van der Waals surface area contributed by atoms with Crippen LogP contribution < -0.4 is 0 Å². The average Bonchev–Trinajstić information content (AvgIpc) is 3.38. The third-order valence-corrected chi connectivity index (χ3v) is 8.62. The van der Waals surface area contributed by atoms with E-state index in [0.29, 0.717) is 11.5 Å². The number of aromatic nitrogens is 2. The van der Waals surface area contributed by atoms with Crippen molar-refractivity contribution in [2.24, 2.45) is 17.8 Å². The van der Waals surface area contributed by atoms with Crippen LogP contribution >= 0.6 is 0 Å². The maximum Gasteiger partial charge on any atom is 0.337 e. The van der Waals surface area contributed by atoms with Crippen molar-refractivity contribution in [2.75, 3.05) is 27.2 Å². The summed E-state index contributed by atoms with van der Waals surface area (Å²) in [6, 6.07) is 16.0. The molecule has 0 spiro atoms. The van der Waals surface area contributed by atoms with E-state index in [0.717, 1.165) is 68.5 Å². The molecule has 0 aliphatic heterocycles. The van der Waals surface area contributed by atoms with Crippen molar-refractivity contribution >= 4 is 28.5 Å². The zero-order valence-corrected chi connectivity index (χ0v) is 24.1. The molecule has 1 saturated carbocycles. The van der Waals surface area contributed by atoms with E-state index < -0.39 is 5.60 Å². The number of nitrogens with one attached hydrogen (secondary N) is 1. The van der Waals surface area contributed by atoms with Crippen molar-refractivity contribution in [3.05, 3.63) is 71.6 Å². The minimum absolute atomic E-state index is 0.0925. The molecule has 212 valence electrons. The predicted octanol–water partition coefficient (Wildman–Crippen LogP) is 6.06. The Morgan fingerprint density at radius 1 is 1.12 bits per heavy atom. The number of nitrogens with zero attached hydrogens (tertiary/aromatic N) is 2. The summed E-state index contributed by atoms with van der Waals surface area (Å²) in [7, 11) is 3.53. The summed E-state index contributed by atoms with van der Waals surface area (Å²) in [4.78, 5) is 35.1. The average molecular weight is 544 g/mol. The van der Waals surface area contributed by atoms with Gasteiger partial charge >= 0.3 is 11.9 Å². The van der Waals surface area contributed by atoms with Gasteiger partial charge in [0.2, 0.25) is 0 Å². The number of ether oxygens (including phenoxy) is 2. The highest BCUT2D eigenvalue weighted by Crippen LogP contribution is 2.53. The summed E-state index contributed by atoms with van der Waals surface area (Å²) in [6.07, 6.45) is 8.13. The van der Waals surface area contributed by atoms with Crippen LogP contribution in [-0.2, 0) is 20.7 Å². The van der Waals surface area contributed by atoms with Gasteiger partial charge in [-0.3, -0.25) is 4.79 Å². The molecule has 7 heteroatoms. The molecule has 2 aromatic carbocycles. The molecular formula is C33H41N3O4. The number of hydrogen-bond donors (Lipinski definition) is 1. The SMILES string of the molecule is COC(=O)c1ccc2nc(CCCN(C)CCC3(OC(=O)C(C)C)CC4CCC3C=C4c3ccccc3)[nH]c2c1. The van der Waals surface area contributed by atoms with Crippen molar-refractivity contribution in [1.29, 1.82) is 0 Å². The number of rotatable bonds is 11. The standard InChI is InChI=1S/C33H41N3O4/c1-22(2)31(37)40-33(21-25-12-14-26(33)20-27(25)23-9-6-5-7-10-23)16-18-36(3)17-8-11-30-34-28-15-13-24(32(38)39-4)19-29(28)35-30/h5-7,9-10,13,15,19-20,22,25-26H,8,11-12,14,16-18,21H2,1-4H3,(H,34,35). The Hall–Kier alpha value is -3.45. The monoisotopic (exact) mass is 543 g/mol. The number of aryl methyl sites for hydroxylation is 1. The number of allylic oxidation sites excluding steroid dienone is 1. The summed E-state index contributed by atoms with van der Waals surface area (Å²) >= 11 is 0. The summed E-state index contributed by atoms with van der Waals surface area (Å²) in [5.74, 6) is 0.996. The fourth-order valence-electron chi connectivity index (χ4n) is 6.34. The Bertz CT molecular complexity index is 1380. The van der Waals surface area contributed by atoms with E-state index in [1.54, 1.807) is 12.1 Å². The summed E-state index contributed by atoms with van der Waals surface area (Å²) in [6.45, 7) is 5.62. The van der Waals surface area contributed by atoms with E-state index in [1.807, 2.05) is 19.9 Å². The zero-order valence-electron chi connectivity index (χ0n) is 24.1. The smallest absolute Gasteiger partial charge is 0.337 e. The van der Waals surface area contributed by atoms with Gasteiger partial charge in [-0.25, -0.2) is 9.78 Å². The lowest BCUT2D eigenvalue weighted by Crippen LogP contribution is -2.51. The quantitative estimate of drug-likeness (QED) is 0.296. The molecule has 1 aromatic heterocycles. The van der Waals surface area contributed by atoms with Crippen LogP contribution in [0, 0.1) is 17.8 Å². The van der Waals surface area contributed by atoms with Gasteiger partial charge in [0.15, 0.2) is 0 Å². The van der Waals surface area contributed by atoms with Crippen molar-refractivity contribution in [1.82, 2.24) is 14.9 Å².